The van der Waals surface area contributed by atoms with Crippen molar-refractivity contribution in [2.45, 2.75) is 5.41 Å². The van der Waals surface area contributed by atoms with Crippen molar-refractivity contribution in [3.63, 3.8) is 0 Å². The van der Waals surface area contributed by atoms with Crippen molar-refractivity contribution in [1.29, 1.82) is 0 Å². The molecule has 0 fully saturated rings. The number of para-hydroxylation sites is 1. The molecule has 0 saturated heterocycles. The van der Waals surface area contributed by atoms with Crippen molar-refractivity contribution < 1.29 is 4.42 Å². The van der Waals surface area contributed by atoms with Gasteiger partial charge < -0.3 is 4.42 Å². The number of rotatable bonds is 5. The van der Waals surface area contributed by atoms with Crippen LogP contribution in [0.15, 0.2) is 217 Å². The first-order chi connectivity index (χ1) is 30.8. The Morgan fingerprint density at radius 3 is 1.52 bits per heavy atom. The third-order valence-corrected chi connectivity index (χ3v) is 13.0. The molecule has 0 saturated carbocycles. The third-order valence-electron chi connectivity index (χ3n) is 13.0. The molecule has 62 heavy (non-hydrogen) atoms. The van der Waals surface area contributed by atoms with Gasteiger partial charge in [-0.1, -0.05) is 194 Å². The second kappa shape index (κ2) is 13.4. The lowest BCUT2D eigenvalue weighted by atomic mass is 9.68. The molecule has 11 aromatic rings. The summed E-state index contributed by atoms with van der Waals surface area (Å²) < 4.78 is 6.33. The summed E-state index contributed by atoms with van der Waals surface area (Å²) in [6.07, 6.45) is 0. The van der Waals surface area contributed by atoms with E-state index in [1.807, 2.05) is 36.4 Å². The van der Waals surface area contributed by atoms with Gasteiger partial charge in [0.15, 0.2) is 17.5 Å². The first-order valence-electron chi connectivity index (χ1n) is 21.1. The van der Waals surface area contributed by atoms with Crippen molar-refractivity contribution in [3.05, 3.63) is 235 Å². The molecule has 0 N–H and O–H groups in total. The predicted molar refractivity (Wildman–Crippen MR) is 251 cm³/mol. The fourth-order valence-electron chi connectivity index (χ4n) is 10.5. The molecule has 4 heteroatoms. The Morgan fingerprint density at radius 2 is 0.774 bits per heavy atom. The van der Waals surface area contributed by atoms with E-state index in [9.17, 15) is 0 Å². The molecule has 0 radical (unpaired) electrons. The lowest BCUT2D eigenvalue weighted by Crippen LogP contribution is -2.26. The highest BCUT2D eigenvalue weighted by molar-refractivity contribution is 6.13. The number of hydrogen-bond acceptors (Lipinski definition) is 4. The van der Waals surface area contributed by atoms with E-state index in [1.165, 1.54) is 50.1 Å². The highest BCUT2D eigenvalue weighted by Crippen LogP contribution is 2.64. The number of nitrogens with zero attached hydrogens (tertiary/aromatic N) is 3. The van der Waals surface area contributed by atoms with Gasteiger partial charge in [-0.2, -0.15) is 0 Å². The SMILES string of the molecule is c1ccc(-c2nc(-c3cccc(-c4cccc5c4C4(c6ccccc6-c6ccccc64)c4ccccc4-5)c3)nc(-c3ccccc3-c3cccc4oc5ccccc5c34)n2)cc1. The zero-order chi connectivity index (χ0) is 40.8. The Labute approximate surface area is 358 Å². The first-order valence-corrected chi connectivity index (χ1v) is 21.1. The van der Waals surface area contributed by atoms with E-state index in [-0.39, 0.29) is 0 Å². The second-order valence-electron chi connectivity index (χ2n) is 16.2. The molecule has 0 unspecified atom stereocenters. The van der Waals surface area contributed by atoms with Crippen LogP contribution in [0.4, 0.5) is 0 Å². The molecule has 0 bridgehead atoms. The van der Waals surface area contributed by atoms with Crippen LogP contribution in [0.5, 0.6) is 0 Å². The van der Waals surface area contributed by atoms with Crippen molar-refractivity contribution in [1.82, 2.24) is 15.0 Å². The van der Waals surface area contributed by atoms with Crippen LogP contribution in [0.2, 0.25) is 0 Å². The van der Waals surface area contributed by atoms with Crippen molar-refractivity contribution in [2.75, 3.05) is 0 Å². The summed E-state index contributed by atoms with van der Waals surface area (Å²) in [7, 11) is 0. The average molecular weight is 790 g/mol. The summed E-state index contributed by atoms with van der Waals surface area (Å²) in [5, 5.41) is 2.15. The van der Waals surface area contributed by atoms with Crippen LogP contribution >= 0.6 is 0 Å². The molecule has 4 nitrogen and oxygen atoms in total. The fourth-order valence-corrected chi connectivity index (χ4v) is 10.5. The Balaban J connectivity index is 1.02. The summed E-state index contributed by atoms with van der Waals surface area (Å²) >= 11 is 0. The Kier molecular flexibility index (Phi) is 7.49. The van der Waals surface area contributed by atoms with Crippen molar-refractivity contribution in [2.24, 2.45) is 0 Å². The molecule has 1 spiro atoms. The van der Waals surface area contributed by atoms with Crippen LogP contribution in [0.1, 0.15) is 22.3 Å². The molecule has 2 aromatic heterocycles. The van der Waals surface area contributed by atoms with Gasteiger partial charge in [-0.15, -0.1) is 0 Å². The van der Waals surface area contributed by atoms with Gasteiger partial charge in [-0.05, 0) is 85.0 Å². The van der Waals surface area contributed by atoms with Crippen molar-refractivity contribution in [3.8, 4) is 78.7 Å². The summed E-state index contributed by atoms with van der Waals surface area (Å²) in [5.74, 6) is 1.83. The number of fused-ring (bicyclic) bond motifs is 13. The van der Waals surface area contributed by atoms with Crippen molar-refractivity contribution >= 4 is 21.9 Å². The minimum Gasteiger partial charge on any atom is -0.456 e. The van der Waals surface area contributed by atoms with Gasteiger partial charge in [0.25, 0.3) is 0 Å². The van der Waals surface area contributed by atoms with Gasteiger partial charge >= 0.3 is 0 Å². The van der Waals surface area contributed by atoms with E-state index in [0.29, 0.717) is 17.5 Å². The molecule has 0 amide bonds. The van der Waals surface area contributed by atoms with E-state index < -0.39 is 5.41 Å². The first kappa shape index (κ1) is 34.6. The molecule has 288 valence electrons. The maximum atomic E-state index is 6.33. The van der Waals surface area contributed by atoms with Crippen LogP contribution in [0, 0.1) is 0 Å². The van der Waals surface area contributed by atoms with E-state index >= 15 is 0 Å². The molecule has 13 rings (SSSR count). The van der Waals surface area contributed by atoms with Crippen LogP contribution in [0.3, 0.4) is 0 Å². The van der Waals surface area contributed by atoms with E-state index in [4.69, 9.17) is 19.4 Å². The Morgan fingerprint density at radius 1 is 0.306 bits per heavy atom. The molecule has 0 aliphatic heterocycles. The highest BCUT2D eigenvalue weighted by Gasteiger charge is 2.52. The van der Waals surface area contributed by atoms with Gasteiger partial charge in [0.2, 0.25) is 0 Å². The normalized spacial score (nSPS) is 13.0. The van der Waals surface area contributed by atoms with Crippen LogP contribution < -0.4 is 0 Å². The summed E-state index contributed by atoms with van der Waals surface area (Å²) in [4.78, 5) is 15.8. The number of benzene rings is 9. The molecular formula is C58H35N3O. The zero-order valence-corrected chi connectivity index (χ0v) is 33.5. The smallest absolute Gasteiger partial charge is 0.164 e. The second-order valence-corrected chi connectivity index (χ2v) is 16.2. The molecule has 2 heterocycles. The van der Waals surface area contributed by atoms with E-state index in [2.05, 4.69) is 176 Å². The topological polar surface area (TPSA) is 51.8 Å². The minimum absolute atomic E-state index is 0.473. The fraction of sp³-hybridized carbons (Fsp3) is 0.0172. The van der Waals surface area contributed by atoms with E-state index in [1.54, 1.807) is 0 Å². The monoisotopic (exact) mass is 789 g/mol. The lowest BCUT2D eigenvalue weighted by molar-refractivity contribution is 0.669. The van der Waals surface area contributed by atoms with E-state index in [0.717, 1.165) is 55.3 Å². The molecule has 2 aliphatic carbocycles. The van der Waals surface area contributed by atoms with Gasteiger partial charge in [0.05, 0.1) is 5.41 Å². The number of furan rings is 1. The Bertz CT molecular complexity index is 3540. The molecule has 2 aliphatic rings. The molecular weight excluding hydrogens is 755 g/mol. The van der Waals surface area contributed by atoms with Crippen LogP contribution in [-0.2, 0) is 5.41 Å². The third kappa shape index (κ3) is 4.92. The summed E-state index contributed by atoms with van der Waals surface area (Å²) in [6.45, 7) is 0. The number of aromatic nitrogens is 3. The van der Waals surface area contributed by atoms with Gasteiger partial charge in [-0.3, -0.25) is 0 Å². The predicted octanol–water partition coefficient (Wildman–Crippen LogP) is 14.4. The molecule has 9 aromatic carbocycles. The van der Waals surface area contributed by atoms with Gasteiger partial charge in [0, 0.05) is 27.5 Å². The lowest BCUT2D eigenvalue weighted by Gasteiger charge is -2.32. The van der Waals surface area contributed by atoms with Gasteiger partial charge in [-0.25, -0.2) is 15.0 Å². The minimum atomic E-state index is -0.473. The molecule has 0 atom stereocenters. The highest BCUT2D eigenvalue weighted by atomic mass is 16.3. The standard InChI is InChI=1S/C58H35N3O/c1-2-17-36(18-3-1)55-59-56(61-57(60-55)46-25-5-4-21-40(46)44-28-16-34-52-53(44)47-26-9-13-33-51(47)62-52)38-20-14-19-37(35-38)39-27-15-29-45-43-24-8-12-32-50(43)58(54(39)45)48-30-10-6-22-41(48)42-23-7-11-31-49(42)58/h1-35H. The maximum Gasteiger partial charge on any atom is 0.164 e. The largest absolute Gasteiger partial charge is 0.456 e. The van der Waals surface area contributed by atoms with Crippen LogP contribution in [-0.4, -0.2) is 15.0 Å². The zero-order valence-electron chi connectivity index (χ0n) is 33.5. The Hall–Kier alpha value is -8.21. The maximum absolute atomic E-state index is 6.33. The van der Waals surface area contributed by atoms with Gasteiger partial charge in [0.1, 0.15) is 11.2 Å². The number of hydrogen-bond donors (Lipinski definition) is 0. The summed E-state index contributed by atoms with van der Waals surface area (Å²) in [6, 6.07) is 75.6. The average Bonchev–Trinajstić information content (AvgIpc) is 3.99. The summed E-state index contributed by atoms with van der Waals surface area (Å²) in [5.41, 5.74) is 18.8. The quantitative estimate of drug-likeness (QED) is 0.174. The van der Waals surface area contributed by atoms with Crippen LogP contribution in [0.25, 0.3) is 101 Å².